The zero-order valence-electron chi connectivity index (χ0n) is 21.9. The van der Waals surface area contributed by atoms with Gasteiger partial charge >= 0.3 is 6.09 Å². The fourth-order valence-corrected chi connectivity index (χ4v) is 5.70. The number of nitrogens with one attached hydrogen (secondary N) is 2. The Balaban J connectivity index is 1.32. The van der Waals surface area contributed by atoms with Gasteiger partial charge in [0.15, 0.2) is 6.29 Å². The van der Waals surface area contributed by atoms with Crippen molar-refractivity contribution in [2.75, 3.05) is 31.6 Å². The molecule has 0 bridgehead atoms. The molecule has 0 spiro atoms. The number of carbonyl (C=O) groups excluding carboxylic acids is 2. The number of alkyl carbamates (subject to hydrolysis) is 1. The van der Waals surface area contributed by atoms with Crippen molar-refractivity contribution in [2.24, 2.45) is 11.8 Å². The maximum atomic E-state index is 13.0. The van der Waals surface area contributed by atoms with Gasteiger partial charge in [0.25, 0.3) is 0 Å². The van der Waals surface area contributed by atoms with E-state index in [4.69, 9.17) is 14.2 Å². The second-order valence-corrected chi connectivity index (χ2v) is 10.8. The third-order valence-electron chi connectivity index (χ3n) is 7.46. The summed E-state index contributed by atoms with van der Waals surface area (Å²) in [5.41, 5.74) is 2.66. The van der Waals surface area contributed by atoms with Gasteiger partial charge in [-0.2, -0.15) is 0 Å². The Bertz CT molecular complexity index is 1110. The Hall–Kier alpha value is -2.98. The van der Waals surface area contributed by atoms with Crippen molar-refractivity contribution >= 4 is 17.7 Å². The monoisotopic (exact) mass is 523 g/mol. The van der Waals surface area contributed by atoms with Crippen LogP contribution in [0.25, 0.3) is 0 Å². The Morgan fingerprint density at radius 3 is 2.68 bits per heavy atom. The molecule has 2 aromatic rings. The molecule has 204 valence electrons. The molecule has 5 rings (SSSR count). The normalized spacial score (nSPS) is 25.7. The zero-order valence-corrected chi connectivity index (χ0v) is 21.9. The summed E-state index contributed by atoms with van der Waals surface area (Å²) in [6, 6.07) is 16.2. The molecule has 3 aliphatic heterocycles. The van der Waals surface area contributed by atoms with Crippen LogP contribution in [-0.2, 0) is 25.4 Å². The molecule has 3 heterocycles. The summed E-state index contributed by atoms with van der Waals surface area (Å²) in [5.74, 6) is 0.179. The molecule has 2 saturated heterocycles. The molecular weight excluding hydrogens is 486 g/mol. The number of para-hydroxylation sites is 1. The lowest BCUT2D eigenvalue weighted by molar-refractivity contribution is -0.121. The predicted molar refractivity (Wildman–Crippen MR) is 141 cm³/mol. The van der Waals surface area contributed by atoms with Crippen LogP contribution in [0.3, 0.4) is 0 Å². The van der Waals surface area contributed by atoms with Crippen LogP contribution < -0.4 is 10.6 Å². The highest BCUT2D eigenvalue weighted by Crippen LogP contribution is 2.36. The van der Waals surface area contributed by atoms with E-state index in [1.807, 2.05) is 59.5 Å². The van der Waals surface area contributed by atoms with Crippen molar-refractivity contribution in [3.05, 3.63) is 65.7 Å². The number of hydrogen-bond donors (Lipinski definition) is 3. The fourth-order valence-electron chi connectivity index (χ4n) is 5.70. The summed E-state index contributed by atoms with van der Waals surface area (Å²) in [5, 5.41) is 17.4. The first-order chi connectivity index (χ1) is 18.4. The van der Waals surface area contributed by atoms with Crippen LogP contribution in [-0.4, -0.2) is 72.8 Å². The first-order valence-corrected chi connectivity index (χ1v) is 13.4. The fraction of sp³-hybridized carbons (Fsp3) is 0.517. The van der Waals surface area contributed by atoms with Gasteiger partial charge in [-0.05, 0) is 30.4 Å². The molecule has 3 unspecified atom stereocenters. The van der Waals surface area contributed by atoms with Gasteiger partial charge in [0.05, 0.1) is 31.3 Å². The Morgan fingerprint density at radius 2 is 1.89 bits per heavy atom. The third-order valence-corrected chi connectivity index (χ3v) is 7.46. The van der Waals surface area contributed by atoms with Crippen molar-refractivity contribution in [1.82, 2.24) is 10.2 Å². The van der Waals surface area contributed by atoms with E-state index in [0.29, 0.717) is 26.2 Å². The first-order valence-electron chi connectivity index (χ1n) is 13.4. The molecule has 3 N–H and O–H groups in total. The van der Waals surface area contributed by atoms with E-state index in [-0.39, 0.29) is 36.7 Å². The number of benzene rings is 2. The molecular formula is C29H37N3O6. The summed E-state index contributed by atoms with van der Waals surface area (Å²) in [7, 11) is 0. The van der Waals surface area contributed by atoms with Crippen LogP contribution in [0.4, 0.5) is 10.5 Å². The highest BCUT2D eigenvalue weighted by Gasteiger charge is 2.44. The van der Waals surface area contributed by atoms with Gasteiger partial charge in [-0.15, -0.1) is 0 Å². The number of anilines is 1. The van der Waals surface area contributed by atoms with Crippen LogP contribution in [0.2, 0.25) is 0 Å². The van der Waals surface area contributed by atoms with Gasteiger partial charge in [-0.3, -0.25) is 9.69 Å². The molecule has 2 amide bonds. The number of hydrogen-bond acceptors (Lipinski definition) is 7. The van der Waals surface area contributed by atoms with Crippen LogP contribution in [0.1, 0.15) is 37.4 Å². The predicted octanol–water partition coefficient (Wildman–Crippen LogP) is 3.10. The standard InChI is InChI=1S/C29H37N3O6/c1-18(2)15-32(26-20-10-6-7-11-22(20)30-27(26)34)16-24(33)23(14-19-8-4-3-5-9-19)31-29(35)38-25-17-37-28-21(25)12-13-36-28/h3-11,18,21,23-26,28,33H,12-17H2,1-2H3,(H,30,34)(H,31,35)/t21?,23-,24+,25?,26?,28+/m0/s1. The molecule has 2 aromatic carbocycles. The number of carbonyl (C=O) groups is 2. The maximum Gasteiger partial charge on any atom is 0.407 e. The van der Waals surface area contributed by atoms with Crippen LogP contribution in [0.15, 0.2) is 54.6 Å². The molecule has 6 atom stereocenters. The lowest BCUT2D eigenvalue weighted by Gasteiger charge is -2.34. The number of aliphatic hydroxyl groups is 1. The molecule has 38 heavy (non-hydrogen) atoms. The Morgan fingerprint density at radius 1 is 1.13 bits per heavy atom. The smallest absolute Gasteiger partial charge is 0.407 e. The average molecular weight is 524 g/mol. The lowest BCUT2D eigenvalue weighted by atomic mass is 9.98. The largest absolute Gasteiger partial charge is 0.443 e. The van der Waals surface area contributed by atoms with Crippen LogP contribution >= 0.6 is 0 Å². The second-order valence-electron chi connectivity index (χ2n) is 10.8. The zero-order chi connectivity index (χ0) is 26.6. The van der Waals surface area contributed by atoms with Crippen molar-refractivity contribution in [1.29, 1.82) is 0 Å². The number of nitrogens with zero attached hydrogens (tertiary/aromatic N) is 1. The molecule has 9 nitrogen and oxygen atoms in total. The van der Waals surface area contributed by atoms with E-state index in [2.05, 4.69) is 24.5 Å². The highest BCUT2D eigenvalue weighted by molar-refractivity contribution is 6.02. The molecule has 3 aliphatic rings. The average Bonchev–Trinajstić information content (AvgIpc) is 3.58. The number of amides is 2. The summed E-state index contributed by atoms with van der Waals surface area (Å²) < 4.78 is 16.9. The maximum absolute atomic E-state index is 13.0. The second kappa shape index (κ2) is 11.8. The lowest BCUT2D eigenvalue weighted by Crippen LogP contribution is -2.51. The number of aliphatic hydroxyl groups excluding tert-OH is 1. The van der Waals surface area contributed by atoms with Crippen LogP contribution in [0, 0.1) is 11.8 Å². The van der Waals surface area contributed by atoms with Gasteiger partial charge in [0, 0.05) is 24.3 Å². The van der Waals surface area contributed by atoms with Crippen LogP contribution in [0.5, 0.6) is 0 Å². The minimum Gasteiger partial charge on any atom is -0.443 e. The summed E-state index contributed by atoms with van der Waals surface area (Å²) in [6.45, 7) is 5.86. The number of fused-ring (bicyclic) bond motifs is 2. The van der Waals surface area contributed by atoms with Gasteiger partial charge < -0.3 is 30.0 Å². The van der Waals surface area contributed by atoms with Gasteiger partial charge in [-0.25, -0.2) is 4.79 Å². The van der Waals surface area contributed by atoms with E-state index >= 15 is 0 Å². The van der Waals surface area contributed by atoms with Crippen molar-refractivity contribution in [3.8, 4) is 0 Å². The molecule has 0 saturated carbocycles. The van der Waals surface area contributed by atoms with E-state index in [9.17, 15) is 14.7 Å². The molecule has 9 heteroatoms. The van der Waals surface area contributed by atoms with Crippen molar-refractivity contribution < 1.29 is 28.9 Å². The minimum atomic E-state index is -0.954. The number of rotatable bonds is 10. The van der Waals surface area contributed by atoms with E-state index in [1.54, 1.807) is 0 Å². The van der Waals surface area contributed by atoms with E-state index in [0.717, 1.165) is 23.2 Å². The van der Waals surface area contributed by atoms with Gasteiger partial charge in [-0.1, -0.05) is 62.4 Å². The molecule has 0 aliphatic carbocycles. The first kappa shape index (κ1) is 26.6. The van der Waals surface area contributed by atoms with Gasteiger partial charge in [0.1, 0.15) is 12.1 Å². The van der Waals surface area contributed by atoms with E-state index in [1.165, 1.54) is 0 Å². The minimum absolute atomic E-state index is 0.0285. The highest BCUT2D eigenvalue weighted by atomic mass is 16.7. The topological polar surface area (TPSA) is 109 Å². The molecule has 0 aromatic heterocycles. The van der Waals surface area contributed by atoms with E-state index < -0.39 is 24.3 Å². The number of ether oxygens (including phenoxy) is 3. The summed E-state index contributed by atoms with van der Waals surface area (Å²) in [4.78, 5) is 28.0. The Kier molecular flexibility index (Phi) is 8.28. The van der Waals surface area contributed by atoms with Crippen molar-refractivity contribution in [2.45, 2.75) is 57.3 Å². The third kappa shape index (κ3) is 6.02. The Labute approximate surface area is 223 Å². The summed E-state index contributed by atoms with van der Waals surface area (Å²) in [6.07, 6.45) is -1.05. The van der Waals surface area contributed by atoms with Crippen molar-refractivity contribution in [3.63, 3.8) is 0 Å². The SMILES string of the molecule is CC(C)CN(C[C@@H](O)[C@H](Cc1ccccc1)NC(=O)OC1CO[C@H]2OCCC12)C1C(=O)Nc2ccccc21. The quantitative estimate of drug-likeness (QED) is 0.439. The molecule has 0 radical (unpaired) electrons. The van der Waals surface area contributed by atoms with Gasteiger partial charge in [0.2, 0.25) is 5.91 Å². The summed E-state index contributed by atoms with van der Waals surface area (Å²) >= 11 is 0. The molecule has 2 fully saturated rings.